The number of aromatic nitrogens is 1. The Kier molecular flexibility index (Phi) is 8.04. The molecule has 1 aromatic heterocycles. The summed E-state index contributed by atoms with van der Waals surface area (Å²) in [5.41, 5.74) is 11.9. The Labute approximate surface area is 311 Å². The maximum atomic E-state index is 5.44. The molecular weight excluding hydrogens is 647 g/mol. The van der Waals surface area contributed by atoms with Gasteiger partial charge in [0.2, 0.25) is 0 Å². The maximum absolute atomic E-state index is 5.44. The predicted molar refractivity (Wildman–Crippen MR) is 218 cm³/mol. The second-order valence-electron chi connectivity index (χ2n) is 14.2. The lowest BCUT2D eigenvalue weighted by atomic mass is 9.73. The van der Waals surface area contributed by atoms with Crippen molar-refractivity contribution in [2.45, 2.75) is 25.4 Å². The fourth-order valence-electron chi connectivity index (χ4n) is 7.88. The number of benzene rings is 6. The highest BCUT2D eigenvalue weighted by Gasteiger charge is 2.39. The molecule has 256 valence electrons. The van der Waals surface area contributed by atoms with Gasteiger partial charge in [-0.2, -0.15) is 0 Å². The first-order valence-corrected chi connectivity index (χ1v) is 18.1. The summed E-state index contributed by atoms with van der Waals surface area (Å²) in [7, 11) is 2.09. The summed E-state index contributed by atoms with van der Waals surface area (Å²) in [5.74, 6) is 2.30. The monoisotopic (exact) mass is 685 g/mol. The molecule has 53 heavy (non-hydrogen) atoms. The molecule has 1 unspecified atom stereocenters. The number of amidine groups is 2. The molecule has 0 saturated heterocycles. The summed E-state index contributed by atoms with van der Waals surface area (Å²) in [4.78, 5) is 20.7. The van der Waals surface area contributed by atoms with E-state index >= 15 is 0 Å². The fourth-order valence-corrected chi connectivity index (χ4v) is 7.88. The van der Waals surface area contributed by atoms with E-state index in [4.69, 9.17) is 15.0 Å². The highest BCUT2D eigenvalue weighted by molar-refractivity contribution is 6.15. The number of hydrogen-bond donors (Lipinski definition) is 0. The molecule has 0 spiro atoms. The first-order chi connectivity index (χ1) is 26.0. The number of anilines is 3. The number of rotatable bonds is 6. The van der Waals surface area contributed by atoms with Gasteiger partial charge in [0.05, 0.1) is 16.9 Å². The average Bonchev–Trinajstić information content (AvgIpc) is 3.22. The highest BCUT2D eigenvalue weighted by Crippen LogP contribution is 2.52. The predicted octanol–water partition coefficient (Wildman–Crippen LogP) is 11.4. The van der Waals surface area contributed by atoms with Gasteiger partial charge in [0.25, 0.3) is 0 Å². The molecule has 5 heteroatoms. The summed E-state index contributed by atoms with van der Waals surface area (Å²) < 4.78 is 0. The van der Waals surface area contributed by atoms with Crippen LogP contribution in [0.15, 0.2) is 186 Å². The number of pyridine rings is 1. The minimum atomic E-state index is -0.299. The Morgan fingerprint density at radius 1 is 0.528 bits per heavy atom. The van der Waals surface area contributed by atoms with E-state index in [9.17, 15) is 0 Å². The molecule has 6 aromatic carbocycles. The van der Waals surface area contributed by atoms with Crippen molar-refractivity contribution in [2.75, 3.05) is 11.9 Å². The summed E-state index contributed by atoms with van der Waals surface area (Å²) in [6, 6.07) is 59.6. The maximum Gasteiger partial charge on any atom is 0.159 e. The normalized spacial score (nSPS) is 15.9. The van der Waals surface area contributed by atoms with E-state index in [0.29, 0.717) is 5.84 Å². The average molecular weight is 686 g/mol. The van der Waals surface area contributed by atoms with Crippen LogP contribution in [0.2, 0.25) is 0 Å². The number of fused-ring (bicyclic) bond motifs is 2. The summed E-state index contributed by atoms with van der Waals surface area (Å²) in [6.45, 7) is 4.62. The Morgan fingerprint density at radius 2 is 1.04 bits per heavy atom. The van der Waals surface area contributed by atoms with Crippen molar-refractivity contribution >= 4 is 28.9 Å². The van der Waals surface area contributed by atoms with Gasteiger partial charge in [0.1, 0.15) is 17.8 Å². The van der Waals surface area contributed by atoms with Crippen molar-refractivity contribution in [3.8, 4) is 22.3 Å². The van der Waals surface area contributed by atoms with Crippen LogP contribution in [0.3, 0.4) is 0 Å². The SMILES string of the molecule is CN1C(c2cc(-c3ccccc3-c3ccccc3)cnc2N2c3ccccc3C(C)(C)c3ccccc32)=NC(c2ccccc2)=NC1c1ccccc1. The number of hydrogen-bond acceptors (Lipinski definition) is 5. The van der Waals surface area contributed by atoms with E-state index in [2.05, 4.69) is 176 Å². The molecule has 0 N–H and O–H groups in total. The molecule has 0 fully saturated rings. The smallest absolute Gasteiger partial charge is 0.159 e. The largest absolute Gasteiger partial charge is 0.333 e. The lowest BCUT2D eigenvalue weighted by Gasteiger charge is -2.42. The van der Waals surface area contributed by atoms with Gasteiger partial charge in [-0.05, 0) is 51.6 Å². The number of nitrogens with zero attached hydrogens (tertiary/aromatic N) is 5. The van der Waals surface area contributed by atoms with Crippen molar-refractivity contribution < 1.29 is 0 Å². The molecule has 0 saturated carbocycles. The number of para-hydroxylation sites is 2. The van der Waals surface area contributed by atoms with Gasteiger partial charge < -0.3 is 4.90 Å². The standard InChI is InChI=1S/C48H39N5/c1-48(2)40-27-15-17-29-42(40)53(43-30-18-16-28-41(43)48)46-39(31-36(32-49-46)38-26-14-13-25-37(38)33-19-7-4-8-20-33)47-51-44(34-21-9-5-10-22-34)50-45(52(47)3)35-23-11-6-12-24-35/h4-32,45H,1-3H3. The van der Waals surface area contributed by atoms with Gasteiger partial charge in [0, 0.05) is 29.8 Å². The topological polar surface area (TPSA) is 44.1 Å². The summed E-state index contributed by atoms with van der Waals surface area (Å²) in [5, 5.41) is 0. The molecule has 1 atom stereocenters. The second kappa shape index (κ2) is 13.2. The molecular formula is C48H39N5. The Hall–Kier alpha value is -6.59. The molecule has 0 bridgehead atoms. The molecule has 0 aliphatic carbocycles. The van der Waals surface area contributed by atoms with Gasteiger partial charge in [0.15, 0.2) is 5.84 Å². The fraction of sp³-hybridized carbons (Fsp3) is 0.104. The van der Waals surface area contributed by atoms with Crippen LogP contribution in [-0.2, 0) is 5.41 Å². The van der Waals surface area contributed by atoms with Gasteiger partial charge >= 0.3 is 0 Å². The third kappa shape index (κ3) is 5.62. The van der Waals surface area contributed by atoms with Gasteiger partial charge in [-0.1, -0.05) is 166 Å². The van der Waals surface area contributed by atoms with Gasteiger partial charge in [-0.3, -0.25) is 4.90 Å². The van der Waals surface area contributed by atoms with E-state index in [1.54, 1.807) is 0 Å². The van der Waals surface area contributed by atoms with Crippen molar-refractivity contribution in [3.05, 3.63) is 204 Å². The zero-order valence-corrected chi connectivity index (χ0v) is 30.1. The van der Waals surface area contributed by atoms with Gasteiger partial charge in [-0.15, -0.1) is 0 Å². The quantitative estimate of drug-likeness (QED) is 0.175. The zero-order chi connectivity index (χ0) is 35.9. The van der Waals surface area contributed by atoms with Gasteiger partial charge in [-0.25, -0.2) is 15.0 Å². The zero-order valence-electron chi connectivity index (χ0n) is 30.1. The van der Waals surface area contributed by atoms with Crippen LogP contribution >= 0.6 is 0 Å². The highest BCUT2D eigenvalue weighted by atomic mass is 15.3. The van der Waals surface area contributed by atoms with Crippen LogP contribution in [-0.4, -0.2) is 28.6 Å². The molecule has 9 rings (SSSR count). The van der Waals surface area contributed by atoms with Crippen LogP contribution in [0.1, 0.15) is 47.8 Å². The lowest BCUT2D eigenvalue weighted by molar-refractivity contribution is 0.383. The Balaban J connectivity index is 1.32. The van der Waals surface area contributed by atoms with Crippen molar-refractivity contribution in [1.82, 2.24) is 9.88 Å². The molecule has 2 aliphatic heterocycles. The van der Waals surface area contributed by atoms with E-state index in [-0.39, 0.29) is 11.6 Å². The first-order valence-electron chi connectivity index (χ1n) is 18.1. The molecule has 0 radical (unpaired) electrons. The second-order valence-corrected chi connectivity index (χ2v) is 14.2. The molecule has 7 aromatic rings. The van der Waals surface area contributed by atoms with E-state index < -0.39 is 0 Å². The van der Waals surface area contributed by atoms with Crippen LogP contribution in [0, 0.1) is 0 Å². The molecule has 2 aliphatic rings. The summed E-state index contributed by atoms with van der Waals surface area (Å²) >= 11 is 0. The molecule has 0 amide bonds. The van der Waals surface area contributed by atoms with E-state index in [0.717, 1.165) is 62.0 Å². The van der Waals surface area contributed by atoms with Crippen molar-refractivity contribution in [3.63, 3.8) is 0 Å². The lowest BCUT2D eigenvalue weighted by Crippen LogP contribution is -2.37. The Bertz CT molecular complexity index is 2450. The first kappa shape index (κ1) is 32.3. The molecule has 3 heterocycles. The molecule has 5 nitrogen and oxygen atoms in total. The van der Waals surface area contributed by atoms with E-state index in [1.165, 1.54) is 11.1 Å². The van der Waals surface area contributed by atoms with Crippen LogP contribution in [0.5, 0.6) is 0 Å². The number of aliphatic imine (C=N–C) groups is 2. The third-order valence-corrected chi connectivity index (χ3v) is 10.6. The third-order valence-electron chi connectivity index (χ3n) is 10.6. The van der Waals surface area contributed by atoms with Crippen molar-refractivity contribution in [1.29, 1.82) is 0 Å². The van der Waals surface area contributed by atoms with E-state index in [1.807, 2.05) is 30.5 Å². The van der Waals surface area contributed by atoms with Crippen LogP contribution < -0.4 is 4.90 Å². The van der Waals surface area contributed by atoms with Crippen molar-refractivity contribution in [2.24, 2.45) is 9.98 Å². The Morgan fingerprint density at radius 3 is 1.66 bits per heavy atom. The minimum Gasteiger partial charge on any atom is -0.333 e. The van der Waals surface area contributed by atoms with Crippen LogP contribution in [0.4, 0.5) is 17.2 Å². The minimum absolute atomic E-state index is 0.205. The van der Waals surface area contributed by atoms with Crippen LogP contribution in [0.25, 0.3) is 22.3 Å². The summed E-state index contributed by atoms with van der Waals surface area (Å²) in [6.07, 6.45) is 1.72.